The molecule has 0 bridgehead atoms. The first-order chi connectivity index (χ1) is 22.3. The summed E-state index contributed by atoms with van der Waals surface area (Å²) in [7, 11) is 0. The fourth-order valence-electron chi connectivity index (χ4n) is 6.45. The van der Waals surface area contributed by atoms with Crippen LogP contribution in [0.15, 0.2) is 103 Å². The molecule has 0 aliphatic carbocycles. The van der Waals surface area contributed by atoms with Gasteiger partial charge in [0.2, 0.25) is 0 Å². The van der Waals surface area contributed by atoms with Crippen molar-refractivity contribution < 1.29 is 5.48 Å². The molecule has 0 aliphatic rings. The molecule has 5 aromatic carbocycles. The monoisotopic (exact) mass is 581 g/mol. The maximum atomic E-state index is 9.18. The third-order valence-corrected chi connectivity index (χ3v) is 8.72. The van der Waals surface area contributed by atoms with E-state index in [9.17, 15) is 1.37 Å². The van der Waals surface area contributed by atoms with Crippen LogP contribution in [-0.4, -0.2) is 4.57 Å². The smallest absolute Gasteiger partial charge is 0.0632 e. The summed E-state index contributed by atoms with van der Waals surface area (Å²) in [4.78, 5) is 0. The van der Waals surface area contributed by atoms with Gasteiger partial charge >= 0.3 is 0 Å². The van der Waals surface area contributed by atoms with Crippen LogP contribution < -0.4 is 0 Å². The summed E-state index contributed by atoms with van der Waals surface area (Å²) >= 11 is 0. The molecular formula is C43H47N. The van der Waals surface area contributed by atoms with Gasteiger partial charge in [-0.2, -0.15) is 0 Å². The molecule has 0 saturated heterocycles. The van der Waals surface area contributed by atoms with Crippen molar-refractivity contribution in [1.29, 1.82) is 0 Å². The Kier molecular flexibility index (Phi) is 6.03. The van der Waals surface area contributed by atoms with Crippen LogP contribution in [0.3, 0.4) is 0 Å². The molecule has 1 aromatic heterocycles. The van der Waals surface area contributed by atoms with E-state index in [2.05, 4.69) is 128 Å². The van der Waals surface area contributed by atoms with Crippen molar-refractivity contribution in [3.05, 3.63) is 125 Å². The molecule has 0 unspecified atom stereocenters. The lowest BCUT2D eigenvalue weighted by molar-refractivity contribution is 0.568. The number of fused-ring (bicyclic) bond motifs is 3. The molecule has 6 rings (SSSR count). The first kappa shape index (κ1) is 25.2. The second-order valence-electron chi connectivity index (χ2n) is 15.3. The van der Waals surface area contributed by atoms with E-state index in [0.29, 0.717) is 11.1 Å². The van der Waals surface area contributed by atoms with E-state index in [4.69, 9.17) is 4.11 Å². The van der Waals surface area contributed by atoms with Crippen molar-refractivity contribution in [2.45, 2.75) is 85.5 Å². The SMILES string of the molecule is [2H]c1c([2H])c(C)c([2H])c(-c2cccc3c2c2c(C(C)(C)C)c(-c4ccccc4)ccc2n3-c2cc(C(C)(C)C)cc(C(C)(C)C)c2)c1[2H]. The largest absolute Gasteiger partial charge is 0.309 e. The molecule has 44 heavy (non-hydrogen) atoms. The van der Waals surface area contributed by atoms with Gasteiger partial charge < -0.3 is 4.57 Å². The molecule has 0 spiro atoms. The minimum Gasteiger partial charge on any atom is -0.309 e. The van der Waals surface area contributed by atoms with Crippen LogP contribution in [0.2, 0.25) is 0 Å². The van der Waals surface area contributed by atoms with Gasteiger partial charge in [0, 0.05) is 16.5 Å². The Morgan fingerprint density at radius 2 is 1.20 bits per heavy atom. The second-order valence-corrected chi connectivity index (χ2v) is 15.3. The molecule has 0 atom stereocenters. The quantitative estimate of drug-likeness (QED) is 0.196. The van der Waals surface area contributed by atoms with Crippen molar-refractivity contribution >= 4 is 21.8 Å². The van der Waals surface area contributed by atoms with Gasteiger partial charge in [-0.3, -0.25) is 0 Å². The molecule has 0 fully saturated rings. The van der Waals surface area contributed by atoms with E-state index >= 15 is 0 Å². The van der Waals surface area contributed by atoms with Crippen LogP contribution in [0, 0.1) is 6.92 Å². The van der Waals surface area contributed by atoms with E-state index in [-0.39, 0.29) is 40.4 Å². The van der Waals surface area contributed by atoms with Crippen molar-refractivity contribution in [2.75, 3.05) is 0 Å². The fourth-order valence-corrected chi connectivity index (χ4v) is 6.45. The van der Waals surface area contributed by atoms with E-state index in [1.807, 2.05) is 18.2 Å². The molecule has 224 valence electrons. The lowest BCUT2D eigenvalue weighted by atomic mass is 9.78. The highest BCUT2D eigenvalue weighted by Crippen LogP contribution is 2.47. The topological polar surface area (TPSA) is 4.93 Å². The summed E-state index contributed by atoms with van der Waals surface area (Å²) < 4.78 is 37.7. The average molecular weight is 582 g/mol. The van der Waals surface area contributed by atoms with Crippen molar-refractivity contribution in [1.82, 2.24) is 4.57 Å². The number of hydrogen-bond donors (Lipinski definition) is 0. The summed E-state index contributed by atoms with van der Waals surface area (Å²) in [6.45, 7) is 22.0. The van der Waals surface area contributed by atoms with Crippen molar-refractivity contribution in [3.8, 4) is 27.9 Å². The second kappa shape index (κ2) is 10.5. The Morgan fingerprint density at radius 3 is 1.82 bits per heavy atom. The zero-order valence-corrected chi connectivity index (χ0v) is 28.0. The molecule has 0 aliphatic heterocycles. The Hall–Kier alpha value is -4.10. The van der Waals surface area contributed by atoms with Crippen LogP contribution in [0.5, 0.6) is 0 Å². The Bertz CT molecular complexity index is 2160. The van der Waals surface area contributed by atoms with E-state index in [1.165, 1.54) is 16.7 Å². The lowest BCUT2D eigenvalue weighted by Gasteiger charge is -2.27. The molecule has 0 radical (unpaired) electrons. The molecule has 0 amide bonds. The Labute approximate surface area is 270 Å². The number of nitrogens with zero attached hydrogens (tertiary/aromatic N) is 1. The third-order valence-electron chi connectivity index (χ3n) is 8.72. The molecular weight excluding hydrogens is 530 g/mol. The predicted octanol–water partition coefficient (Wildman–Crippen LogP) is 12.3. The van der Waals surface area contributed by atoms with Gasteiger partial charge in [-0.25, -0.2) is 0 Å². The fraction of sp³-hybridized carbons (Fsp3) is 0.302. The first-order valence-electron chi connectivity index (χ1n) is 17.7. The first-order valence-corrected chi connectivity index (χ1v) is 15.7. The number of hydrogen-bond acceptors (Lipinski definition) is 0. The van der Waals surface area contributed by atoms with Crippen LogP contribution in [-0.2, 0) is 16.2 Å². The van der Waals surface area contributed by atoms with Crippen LogP contribution in [0.25, 0.3) is 49.7 Å². The summed E-state index contributed by atoms with van der Waals surface area (Å²) in [5.41, 5.74) is 10.3. The van der Waals surface area contributed by atoms with E-state index in [1.54, 1.807) is 6.92 Å². The molecule has 0 N–H and O–H groups in total. The average Bonchev–Trinajstić information content (AvgIpc) is 3.36. The highest BCUT2D eigenvalue weighted by atomic mass is 15.0. The van der Waals surface area contributed by atoms with E-state index in [0.717, 1.165) is 44.2 Å². The van der Waals surface area contributed by atoms with Crippen LogP contribution in [0.1, 0.15) is 90.1 Å². The van der Waals surface area contributed by atoms with Gasteiger partial charge in [0.1, 0.15) is 0 Å². The maximum absolute atomic E-state index is 9.18. The summed E-state index contributed by atoms with van der Waals surface area (Å²) in [5, 5.41) is 2.05. The van der Waals surface area contributed by atoms with Crippen LogP contribution >= 0.6 is 0 Å². The lowest BCUT2D eigenvalue weighted by Crippen LogP contribution is -2.17. The van der Waals surface area contributed by atoms with Gasteiger partial charge in [-0.1, -0.05) is 147 Å². The van der Waals surface area contributed by atoms with Gasteiger partial charge in [-0.15, -0.1) is 0 Å². The highest BCUT2D eigenvalue weighted by molar-refractivity contribution is 6.18. The van der Waals surface area contributed by atoms with Gasteiger partial charge in [0.05, 0.1) is 16.5 Å². The zero-order valence-electron chi connectivity index (χ0n) is 32.0. The Morgan fingerprint density at radius 1 is 0.568 bits per heavy atom. The molecule has 1 heteroatoms. The van der Waals surface area contributed by atoms with E-state index < -0.39 is 0 Å². The summed E-state index contributed by atoms with van der Waals surface area (Å²) in [5.74, 6) is 0. The highest BCUT2D eigenvalue weighted by Gasteiger charge is 2.28. The Balaban J connectivity index is 1.90. The number of aromatic nitrogens is 1. The standard InChI is InChI=1S/C43H47N/c1-28-16-14-19-30(24-28)34-20-15-21-36-38(34)39-37(23-22-35(40(39)43(8,9)10)29-17-12-11-13-18-29)44(36)33-26-31(41(2,3)4)25-32(27-33)42(5,6)7/h11-27H,1-10H3/i14D,16D,19D,24D. The molecule has 6 aromatic rings. The number of rotatable bonds is 3. The van der Waals surface area contributed by atoms with Crippen molar-refractivity contribution in [3.63, 3.8) is 0 Å². The summed E-state index contributed by atoms with van der Waals surface area (Å²) in [6, 6.07) is 28.0. The van der Waals surface area contributed by atoms with Gasteiger partial charge in [0.15, 0.2) is 0 Å². The maximum Gasteiger partial charge on any atom is 0.0632 e. The number of benzene rings is 5. The molecule has 1 nitrogen and oxygen atoms in total. The zero-order chi connectivity index (χ0) is 35.1. The normalized spacial score (nSPS) is 14.0. The van der Waals surface area contributed by atoms with Gasteiger partial charge in [-0.05, 0) is 86.4 Å². The van der Waals surface area contributed by atoms with Crippen LogP contribution in [0.4, 0.5) is 0 Å². The summed E-state index contributed by atoms with van der Waals surface area (Å²) in [6.07, 6.45) is 0. The van der Waals surface area contributed by atoms with Crippen molar-refractivity contribution in [2.24, 2.45) is 0 Å². The molecule has 1 heterocycles. The molecule has 0 saturated carbocycles. The minimum absolute atomic E-state index is 0.0567. The minimum atomic E-state index is -0.268. The third kappa shape index (κ3) is 5.28. The van der Waals surface area contributed by atoms with Gasteiger partial charge in [0.25, 0.3) is 0 Å². The predicted molar refractivity (Wildman–Crippen MR) is 192 cm³/mol.